The lowest BCUT2D eigenvalue weighted by atomic mass is 10.2. The SMILES string of the molecule is CC(C)C#CCOCCNC(=O)CCCOCCOCCO[C@@H](COc1cccc(C(=O)NCCNC(C)C)c1)SC#N. The van der Waals surface area contributed by atoms with E-state index in [9.17, 15) is 9.59 Å². The highest BCUT2D eigenvalue weighted by molar-refractivity contribution is 8.04. The van der Waals surface area contributed by atoms with Crippen molar-refractivity contribution in [3.05, 3.63) is 29.8 Å². The lowest BCUT2D eigenvalue weighted by Crippen LogP contribution is -2.34. The number of carbonyl (C=O) groups is 2. The van der Waals surface area contributed by atoms with Crippen LogP contribution >= 0.6 is 11.8 Å². The van der Waals surface area contributed by atoms with Crippen LogP contribution in [0.15, 0.2) is 24.3 Å². The van der Waals surface area contributed by atoms with Crippen molar-refractivity contribution in [2.24, 2.45) is 5.92 Å². The molecule has 0 unspecified atom stereocenters. The summed E-state index contributed by atoms with van der Waals surface area (Å²) in [6.45, 7) is 12.6. The molecule has 1 atom stereocenters. The van der Waals surface area contributed by atoms with Gasteiger partial charge in [0, 0.05) is 50.2 Å². The summed E-state index contributed by atoms with van der Waals surface area (Å²) in [4.78, 5) is 24.2. The summed E-state index contributed by atoms with van der Waals surface area (Å²) in [5, 5.41) is 20.0. The van der Waals surface area contributed by atoms with E-state index in [1.54, 1.807) is 24.3 Å². The molecule has 1 aromatic rings. The van der Waals surface area contributed by atoms with Crippen LogP contribution in [0.4, 0.5) is 0 Å². The highest BCUT2D eigenvalue weighted by Crippen LogP contribution is 2.17. The average molecular weight is 621 g/mol. The fourth-order valence-electron chi connectivity index (χ4n) is 3.32. The van der Waals surface area contributed by atoms with Crippen molar-refractivity contribution >= 4 is 23.6 Å². The average Bonchev–Trinajstić information content (AvgIpc) is 2.98. The molecule has 240 valence electrons. The number of benzene rings is 1. The molecule has 11 nitrogen and oxygen atoms in total. The number of nitriles is 1. The van der Waals surface area contributed by atoms with Crippen LogP contribution in [0.1, 0.15) is 50.9 Å². The Morgan fingerprint density at radius 3 is 2.44 bits per heavy atom. The van der Waals surface area contributed by atoms with E-state index in [0.717, 1.165) is 11.8 Å². The highest BCUT2D eigenvalue weighted by atomic mass is 32.2. The number of ether oxygens (including phenoxy) is 5. The van der Waals surface area contributed by atoms with Crippen molar-refractivity contribution in [2.45, 2.75) is 52.0 Å². The second kappa shape index (κ2) is 25.6. The van der Waals surface area contributed by atoms with Gasteiger partial charge in [0.2, 0.25) is 5.91 Å². The Morgan fingerprint density at radius 1 is 0.930 bits per heavy atom. The van der Waals surface area contributed by atoms with E-state index in [0.29, 0.717) is 95.4 Å². The third-order valence-corrected chi connectivity index (χ3v) is 6.00. The van der Waals surface area contributed by atoms with Gasteiger partial charge in [0.25, 0.3) is 5.91 Å². The number of nitrogens with one attached hydrogen (secondary N) is 3. The van der Waals surface area contributed by atoms with Gasteiger partial charge in [0.05, 0.1) is 33.0 Å². The van der Waals surface area contributed by atoms with Gasteiger partial charge in [-0.15, -0.1) is 0 Å². The predicted molar refractivity (Wildman–Crippen MR) is 168 cm³/mol. The second-order valence-electron chi connectivity index (χ2n) is 9.92. The monoisotopic (exact) mass is 620 g/mol. The van der Waals surface area contributed by atoms with Crippen LogP contribution in [0, 0.1) is 28.4 Å². The molecule has 0 saturated heterocycles. The molecule has 43 heavy (non-hydrogen) atoms. The van der Waals surface area contributed by atoms with Crippen LogP contribution in [0.2, 0.25) is 0 Å². The first-order chi connectivity index (χ1) is 20.8. The minimum absolute atomic E-state index is 0.0360. The van der Waals surface area contributed by atoms with E-state index in [-0.39, 0.29) is 25.0 Å². The third-order valence-electron chi connectivity index (χ3n) is 5.36. The van der Waals surface area contributed by atoms with Gasteiger partial charge in [0.15, 0.2) is 5.44 Å². The van der Waals surface area contributed by atoms with Crippen LogP contribution in [0.25, 0.3) is 0 Å². The summed E-state index contributed by atoms with van der Waals surface area (Å²) < 4.78 is 27.9. The van der Waals surface area contributed by atoms with E-state index in [4.69, 9.17) is 28.9 Å². The van der Waals surface area contributed by atoms with Crippen LogP contribution in [-0.4, -0.2) is 95.8 Å². The van der Waals surface area contributed by atoms with Crippen LogP contribution in [0.3, 0.4) is 0 Å². The first kappa shape index (κ1) is 38.2. The molecule has 0 aliphatic carbocycles. The summed E-state index contributed by atoms with van der Waals surface area (Å²) >= 11 is 0.958. The number of thioether (sulfide) groups is 1. The molecule has 0 spiro atoms. The molecule has 0 aromatic heterocycles. The Balaban J connectivity index is 2.10. The minimum Gasteiger partial charge on any atom is -0.490 e. The Kier molecular flexibility index (Phi) is 22.8. The lowest BCUT2D eigenvalue weighted by Gasteiger charge is -2.16. The number of amides is 2. The largest absolute Gasteiger partial charge is 0.490 e. The molecule has 0 heterocycles. The number of thiocyanates is 1. The number of hydrogen-bond donors (Lipinski definition) is 3. The second-order valence-corrected chi connectivity index (χ2v) is 10.9. The molecule has 0 aliphatic rings. The van der Waals surface area contributed by atoms with Crippen molar-refractivity contribution in [1.29, 1.82) is 5.26 Å². The van der Waals surface area contributed by atoms with E-state index in [1.165, 1.54) is 0 Å². The maximum atomic E-state index is 12.4. The van der Waals surface area contributed by atoms with Crippen LogP contribution in [-0.2, 0) is 23.7 Å². The number of carbonyl (C=O) groups excluding carboxylic acids is 2. The Morgan fingerprint density at radius 2 is 1.70 bits per heavy atom. The van der Waals surface area contributed by atoms with Gasteiger partial charge in [0.1, 0.15) is 24.4 Å². The lowest BCUT2D eigenvalue weighted by molar-refractivity contribution is -0.121. The van der Waals surface area contributed by atoms with E-state index in [2.05, 4.69) is 27.8 Å². The smallest absolute Gasteiger partial charge is 0.251 e. The van der Waals surface area contributed by atoms with Crippen molar-refractivity contribution in [3.8, 4) is 23.0 Å². The fraction of sp³-hybridized carbons (Fsp3) is 0.645. The Bertz CT molecular complexity index is 1010. The molecular formula is C31H48N4O7S. The molecule has 3 N–H and O–H groups in total. The van der Waals surface area contributed by atoms with Gasteiger partial charge < -0.3 is 39.6 Å². The third kappa shape index (κ3) is 22.4. The molecular weight excluding hydrogens is 572 g/mol. The number of hydrogen-bond acceptors (Lipinski definition) is 10. The van der Waals surface area contributed by atoms with E-state index >= 15 is 0 Å². The van der Waals surface area contributed by atoms with Crippen molar-refractivity contribution in [3.63, 3.8) is 0 Å². The molecule has 0 aliphatic heterocycles. The molecule has 1 aromatic carbocycles. The summed E-state index contributed by atoms with van der Waals surface area (Å²) in [5.41, 5.74) is -0.0172. The van der Waals surface area contributed by atoms with E-state index in [1.807, 2.05) is 33.1 Å². The molecule has 1 rings (SSSR count). The maximum absolute atomic E-state index is 12.4. The molecule has 0 fully saturated rings. The fourth-order valence-corrected chi connectivity index (χ4v) is 3.74. The van der Waals surface area contributed by atoms with Crippen molar-refractivity contribution in [1.82, 2.24) is 16.0 Å². The normalized spacial score (nSPS) is 11.5. The standard InChI is InChI=1S/C31H48N4O7S/c1-25(2)8-6-15-38-17-14-34-29(36)11-7-16-39-18-19-40-20-21-41-30(43-24-32)23-42-28-10-5-9-27(22-28)31(37)35-13-12-33-26(3)4/h5,9-10,22,25-26,30,33H,7,11-21,23H2,1-4H3,(H,34,36)(H,35,37)/t30-/m1/s1. The zero-order valence-corrected chi connectivity index (χ0v) is 26.8. The number of nitrogens with zero attached hydrogens (tertiary/aromatic N) is 1. The quantitative estimate of drug-likeness (QED) is 0.0684. The Labute approximate surface area is 261 Å². The van der Waals surface area contributed by atoms with Gasteiger partial charge in [-0.2, -0.15) is 5.26 Å². The summed E-state index contributed by atoms with van der Waals surface area (Å²) in [7, 11) is 0. The summed E-state index contributed by atoms with van der Waals surface area (Å²) in [6, 6.07) is 7.24. The van der Waals surface area contributed by atoms with Crippen LogP contribution < -0.4 is 20.7 Å². The Hall–Kier alpha value is -2.84. The van der Waals surface area contributed by atoms with Gasteiger partial charge in [-0.05, 0) is 36.4 Å². The molecule has 0 bridgehead atoms. The van der Waals surface area contributed by atoms with Crippen molar-refractivity contribution < 1.29 is 33.3 Å². The van der Waals surface area contributed by atoms with E-state index < -0.39 is 5.44 Å². The summed E-state index contributed by atoms with van der Waals surface area (Å²) in [6.07, 6.45) is 1.00. The van der Waals surface area contributed by atoms with Gasteiger partial charge in [-0.1, -0.05) is 45.6 Å². The maximum Gasteiger partial charge on any atom is 0.251 e. The topological polar surface area (TPSA) is 140 Å². The zero-order valence-electron chi connectivity index (χ0n) is 25.9. The first-order valence-electron chi connectivity index (χ1n) is 14.7. The van der Waals surface area contributed by atoms with Gasteiger partial charge >= 0.3 is 0 Å². The van der Waals surface area contributed by atoms with Crippen molar-refractivity contribution in [2.75, 3.05) is 72.5 Å². The molecule has 2 amide bonds. The number of rotatable bonds is 24. The first-order valence-corrected chi connectivity index (χ1v) is 15.6. The zero-order chi connectivity index (χ0) is 31.5. The highest BCUT2D eigenvalue weighted by Gasteiger charge is 2.12. The van der Waals surface area contributed by atoms with Gasteiger partial charge in [-0.3, -0.25) is 9.59 Å². The molecule has 0 saturated carbocycles. The minimum atomic E-state index is -0.513. The predicted octanol–water partition coefficient (Wildman–Crippen LogP) is 2.96. The van der Waals surface area contributed by atoms with Crippen LogP contribution in [0.5, 0.6) is 5.75 Å². The summed E-state index contributed by atoms with van der Waals surface area (Å²) in [5.74, 6) is 6.57. The van der Waals surface area contributed by atoms with Gasteiger partial charge in [-0.25, -0.2) is 0 Å². The molecule has 0 radical (unpaired) electrons. The molecule has 12 heteroatoms.